The average Bonchev–Trinajstić information content (AvgIpc) is 2.82. The molecule has 2 aliphatic rings. The van der Waals surface area contributed by atoms with Crippen LogP contribution < -0.4 is 5.32 Å². The number of hydrogen-bond donors (Lipinski definition) is 1. The highest BCUT2D eigenvalue weighted by molar-refractivity contribution is 5.78. The van der Waals surface area contributed by atoms with Crippen LogP contribution in [-0.4, -0.2) is 12.5 Å². The number of nitrogens with one attached hydrogen (secondary N) is 1. The molecule has 0 saturated heterocycles. The van der Waals surface area contributed by atoms with Gasteiger partial charge in [0.15, 0.2) is 0 Å². The number of carbonyl (C=O) groups is 1. The van der Waals surface area contributed by atoms with Crippen molar-refractivity contribution in [3.63, 3.8) is 0 Å². The van der Waals surface area contributed by atoms with Crippen LogP contribution in [0.5, 0.6) is 0 Å². The van der Waals surface area contributed by atoms with Gasteiger partial charge in [-0.15, -0.1) is 0 Å². The average molecular weight is 251 g/mol. The smallest absolute Gasteiger partial charge is 0.223 e. The van der Waals surface area contributed by atoms with Gasteiger partial charge < -0.3 is 5.32 Å². The van der Waals surface area contributed by atoms with Crippen molar-refractivity contribution in [2.24, 2.45) is 23.7 Å². The molecule has 0 bridgehead atoms. The van der Waals surface area contributed by atoms with Crippen molar-refractivity contribution in [2.45, 2.75) is 65.2 Å². The quantitative estimate of drug-likeness (QED) is 0.733. The summed E-state index contributed by atoms with van der Waals surface area (Å²) in [7, 11) is 0. The van der Waals surface area contributed by atoms with Crippen LogP contribution >= 0.6 is 0 Å². The standard InChI is InChI=1S/C16H29NO/c1-3-17-16(18)14(11-15-10-12(15)2)9-8-13-6-4-5-7-13/h12-15H,3-11H2,1-2H3,(H,17,18). The molecule has 2 nitrogen and oxygen atoms in total. The summed E-state index contributed by atoms with van der Waals surface area (Å²) in [5.74, 6) is 3.23. The molecule has 3 atom stereocenters. The number of carbonyl (C=O) groups excluding carboxylic acids is 1. The molecule has 2 aliphatic carbocycles. The van der Waals surface area contributed by atoms with Gasteiger partial charge in [0.2, 0.25) is 5.91 Å². The maximum atomic E-state index is 12.1. The van der Waals surface area contributed by atoms with Crippen LogP contribution in [0, 0.1) is 23.7 Å². The summed E-state index contributed by atoms with van der Waals surface area (Å²) in [5, 5.41) is 3.03. The molecule has 0 aromatic carbocycles. The van der Waals surface area contributed by atoms with E-state index in [9.17, 15) is 4.79 Å². The highest BCUT2D eigenvalue weighted by atomic mass is 16.1. The van der Waals surface area contributed by atoms with Crippen LogP contribution in [0.25, 0.3) is 0 Å². The summed E-state index contributed by atoms with van der Waals surface area (Å²) in [6.45, 7) is 5.11. The van der Waals surface area contributed by atoms with Gasteiger partial charge in [0.25, 0.3) is 0 Å². The molecular formula is C16H29NO. The van der Waals surface area contributed by atoms with E-state index in [2.05, 4.69) is 12.2 Å². The second-order valence-corrected chi connectivity index (χ2v) is 6.53. The van der Waals surface area contributed by atoms with Gasteiger partial charge in [-0.1, -0.05) is 32.6 Å². The van der Waals surface area contributed by atoms with Gasteiger partial charge in [-0.2, -0.15) is 0 Å². The minimum absolute atomic E-state index is 0.292. The highest BCUT2D eigenvalue weighted by Gasteiger charge is 2.36. The fourth-order valence-electron chi connectivity index (χ4n) is 3.50. The van der Waals surface area contributed by atoms with Crippen LogP contribution in [0.1, 0.15) is 65.2 Å². The molecule has 2 rings (SSSR count). The summed E-state index contributed by atoms with van der Waals surface area (Å²) in [4.78, 5) is 12.1. The Kier molecular flexibility index (Phi) is 5.08. The molecule has 2 saturated carbocycles. The molecule has 1 amide bonds. The van der Waals surface area contributed by atoms with Gasteiger partial charge in [0, 0.05) is 12.5 Å². The minimum atomic E-state index is 0.292. The number of hydrogen-bond acceptors (Lipinski definition) is 1. The van der Waals surface area contributed by atoms with Gasteiger partial charge in [-0.05, 0) is 50.4 Å². The van der Waals surface area contributed by atoms with Crippen LogP contribution in [0.2, 0.25) is 0 Å². The van der Waals surface area contributed by atoms with E-state index in [1.807, 2.05) is 6.92 Å². The molecule has 3 unspecified atom stereocenters. The van der Waals surface area contributed by atoms with Crippen LogP contribution in [-0.2, 0) is 4.79 Å². The summed E-state index contributed by atoms with van der Waals surface area (Å²) < 4.78 is 0. The Balaban J connectivity index is 1.76. The molecule has 0 aromatic rings. The van der Waals surface area contributed by atoms with Crippen molar-refractivity contribution >= 4 is 5.91 Å². The zero-order valence-corrected chi connectivity index (χ0v) is 12.1. The van der Waals surface area contributed by atoms with Gasteiger partial charge in [0.05, 0.1) is 0 Å². The van der Waals surface area contributed by atoms with Gasteiger partial charge in [-0.3, -0.25) is 4.79 Å². The molecule has 0 spiro atoms. The van der Waals surface area contributed by atoms with Crippen LogP contribution in [0.4, 0.5) is 0 Å². The van der Waals surface area contributed by atoms with Crippen molar-refractivity contribution < 1.29 is 4.79 Å². The van der Waals surface area contributed by atoms with E-state index >= 15 is 0 Å². The van der Waals surface area contributed by atoms with E-state index in [1.54, 1.807) is 0 Å². The van der Waals surface area contributed by atoms with Crippen molar-refractivity contribution in [2.75, 3.05) is 6.54 Å². The first kappa shape index (κ1) is 13.9. The second-order valence-electron chi connectivity index (χ2n) is 6.53. The van der Waals surface area contributed by atoms with Gasteiger partial charge >= 0.3 is 0 Å². The summed E-state index contributed by atoms with van der Waals surface area (Å²) in [6, 6.07) is 0. The molecule has 1 N–H and O–H groups in total. The van der Waals surface area contributed by atoms with Crippen molar-refractivity contribution in [3.8, 4) is 0 Å². The normalized spacial score (nSPS) is 29.2. The molecule has 2 fully saturated rings. The summed E-state index contributed by atoms with van der Waals surface area (Å²) in [5.41, 5.74) is 0. The van der Waals surface area contributed by atoms with Crippen molar-refractivity contribution in [1.29, 1.82) is 0 Å². The fraction of sp³-hybridized carbons (Fsp3) is 0.938. The molecule has 18 heavy (non-hydrogen) atoms. The van der Waals surface area contributed by atoms with E-state index in [0.29, 0.717) is 11.8 Å². The van der Waals surface area contributed by atoms with E-state index in [0.717, 1.165) is 37.1 Å². The lowest BCUT2D eigenvalue weighted by atomic mass is 9.90. The Labute approximate surface area is 112 Å². The Hall–Kier alpha value is -0.530. The van der Waals surface area contributed by atoms with E-state index < -0.39 is 0 Å². The lowest BCUT2D eigenvalue weighted by Gasteiger charge is -2.18. The Bertz CT molecular complexity index is 270. The zero-order chi connectivity index (χ0) is 13.0. The van der Waals surface area contributed by atoms with Crippen molar-refractivity contribution in [1.82, 2.24) is 5.32 Å². The SMILES string of the molecule is CCNC(=O)C(CCC1CCCC1)CC1CC1C. The molecular weight excluding hydrogens is 222 g/mol. The second kappa shape index (κ2) is 6.58. The maximum absolute atomic E-state index is 12.1. The highest BCUT2D eigenvalue weighted by Crippen LogP contribution is 2.43. The van der Waals surface area contributed by atoms with E-state index in [4.69, 9.17) is 0 Å². The Morgan fingerprint density at radius 3 is 2.56 bits per heavy atom. The van der Waals surface area contributed by atoms with E-state index in [-0.39, 0.29) is 0 Å². The first-order chi connectivity index (χ1) is 8.70. The summed E-state index contributed by atoms with van der Waals surface area (Å²) in [6.07, 6.45) is 10.5. The largest absolute Gasteiger partial charge is 0.356 e. The Morgan fingerprint density at radius 2 is 2.00 bits per heavy atom. The topological polar surface area (TPSA) is 29.1 Å². The molecule has 0 aliphatic heterocycles. The maximum Gasteiger partial charge on any atom is 0.223 e. The van der Waals surface area contributed by atoms with Gasteiger partial charge in [0.1, 0.15) is 0 Å². The molecule has 0 radical (unpaired) electrons. The lowest BCUT2D eigenvalue weighted by Crippen LogP contribution is -2.31. The van der Waals surface area contributed by atoms with Crippen LogP contribution in [0.3, 0.4) is 0 Å². The minimum Gasteiger partial charge on any atom is -0.356 e. The third-order valence-electron chi connectivity index (χ3n) is 4.98. The van der Waals surface area contributed by atoms with Crippen molar-refractivity contribution in [3.05, 3.63) is 0 Å². The first-order valence-corrected chi connectivity index (χ1v) is 7.98. The zero-order valence-electron chi connectivity index (χ0n) is 12.1. The number of rotatable bonds is 7. The first-order valence-electron chi connectivity index (χ1n) is 7.98. The lowest BCUT2D eigenvalue weighted by molar-refractivity contribution is -0.125. The molecule has 2 heteroatoms. The molecule has 0 aromatic heterocycles. The predicted molar refractivity (Wildman–Crippen MR) is 75.3 cm³/mol. The van der Waals surface area contributed by atoms with Crippen LogP contribution in [0.15, 0.2) is 0 Å². The van der Waals surface area contributed by atoms with E-state index in [1.165, 1.54) is 38.5 Å². The summed E-state index contributed by atoms with van der Waals surface area (Å²) >= 11 is 0. The Morgan fingerprint density at radius 1 is 1.33 bits per heavy atom. The predicted octanol–water partition coefficient (Wildman–Crippen LogP) is 3.76. The van der Waals surface area contributed by atoms with Gasteiger partial charge in [-0.25, -0.2) is 0 Å². The molecule has 104 valence electrons. The third-order valence-corrected chi connectivity index (χ3v) is 4.98. The molecule has 0 heterocycles. The third kappa shape index (κ3) is 4.00. The monoisotopic (exact) mass is 251 g/mol. The fourth-order valence-corrected chi connectivity index (χ4v) is 3.50. The number of amides is 1.